The Bertz CT molecular complexity index is 503. The predicted molar refractivity (Wildman–Crippen MR) is 67.0 cm³/mol. The van der Waals surface area contributed by atoms with Crippen molar-refractivity contribution in [3.8, 4) is 0 Å². The minimum atomic E-state index is -0.881. The number of carboxylic acids is 1. The summed E-state index contributed by atoms with van der Waals surface area (Å²) >= 11 is 0. The van der Waals surface area contributed by atoms with Crippen molar-refractivity contribution in [2.45, 2.75) is 25.8 Å². The number of likely N-dealkylation sites (tertiary alicyclic amines) is 1. The van der Waals surface area contributed by atoms with Crippen molar-refractivity contribution in [2.24, 2.45) is 5.92 Å². The van der Waals surface area contributed by atoms with Crippen molar-refractivity contribution < 1.29 is 19.1 Å². The minimum absolute atomic E-state index is 0.0245. The summed E-state index contributed by atoms with van der Waals surface area (Å²) in [5.41, 5.74) is 0.346. The highest BCUT2D eigenvalue weighted by Crippen LogP contribution is 2.25. The third-order valence-corrected chi connectivity index (χ3v) is 3.69. The summed E-state index contributed by atoms with van der Waals surface area (Å²) in [6, 6.07) is 5.80. The van der Waals surface area contributed by atoms with E-state index < -0.39 is 17.7 Å². The molecule has 2 atom stereocenters. The van der Waals surface area contributed by atoms with Crippen LogP contribution in [0.1, 0.15) is 18.9 Å². The van der Waals surface area contributed by atoms with Gasteiger partial charge in [0.2, 0.25) is 5.91 Å². The van der Waals surface area contributed by atoms with E-state index in [-0.39, 0.29) is 18.4 Å². The van der Waals surface area contributed by atoms with Gasteiger partial charge in [0.1, 0.15) is 5.82 Å². The van der Waals surface area contributed by atoms with Crippen LogP contribution < -0.4 is 0 Å². The van der Waals surface area contributed by atoms with E-state index in [2.05, 4.69) is 0 Å². The van der Waals surface area contributed by atoms with Crippen molar-refractivity contribution in [2.75, 3.05) is 6.54 Å². The topological polar surface area (TPSA) is 57.6 Å². The van der Waals surface area contributed by atoms with Crippen LogP contribution in [-0.4, -0.2) is 34.5 Å². The van der Waals surface area contributed by atoms with Crippen LogP contribution in [0, 0.1) is 11.7 Å². The van der Waals surface area contributed by atoms with Crippen molar-refractivity contribution in [1.82, 2.24) is 4.90 Å². The zero-order valence-corrected chi connectivity index (χ0v) is 10.7. The third-order valence-electron chi connectivity index (χ3n) is 3.69. The van der Waals surface area contributed by atoms with Gasteiger partial charge in [0.05, 0.1) is 12.3 Å². The maximum Gasteiger partial charge on any atom is 0.308 e. The molecule has 0 spiro atoms. The lowest BCUT2D eigenvalue weighted by atomic mass is 10.0. The summed E-state index contributed by atoms with van der Waals surface area (Å²) in [6.45, 7) is 2.15. The molecule has 2 unspecified atom stereocenters. The van der Waals surface area contributed by atoms with Gasteiger partial charge in [0.25, 0.3) is 0 Å². The molecule has 102 valence electrons. The number of amides is 1. The van der Waals surface area contributed by atoms with E-state index >= 15 is 0 Å². The van der Waals surface area contributed by atoms with E-state index in [0.29, 0.717) is 18.5 Å². The van der Waals surface area contributed by atoms with Crippen LogP contribution in [0.4, 0.5) is 4.39 Å². The van der Waals surface area contributed by atoms with Crippen molar-refractivity contribution in [1.29, 1.82) is 0 Å². The van der Waals surface area contributed by atoms with Gasteiger partial charge in [-0.05, 0) is 25.0 Å². The van der Waals surface area contributed by atoms with Gasteiger partial charge in [-0.3, -0.25) is 9.59 Å². The van der Waals surface area contributed by atoms with Gasteiger partial charge in [-0.25, -0.2) is 4.39 Å². The summed E-state index contributed by atoms with van der Waals surface area (Å²) < 4.78 is 13.5. The van der Waals surface area contributed by atoms with Gasteiger partial charge in [-0.1, -0.05) is 18.2 Å². The number of carbonyl (C=O) groups excluding carboxylic acids is 1. The maximum absolute atomic E-state index is 13.5. The molecule has 1 amide bonds. The van der Waals surface area contributed by atoms with Gasteiger partial charge in [-0.2, -0.15) is 0 Å². The Hall–Kier alpha value is -1.91. The first-order chi connectivity index (χ1) is 9.00. The number of carboxylic acid groups (broad SMARTS) is 1. The molecule has 1 aliphatic rings. The molecule has 0 saturated carbocycles. The molecule has 5 heteroatoms. The largest absolute Gasteiger partial charge is 0.481 e. The van der Waals surface area contributed by atoms with E-state index in [0.717, 1.165) is 0 Å². The molecule has 1 heterocycles. The van der Waals surface area contributed by atoms with Crippen molar-refractivity contribution in [3.63, 3.8) is 0 Å². The Morgan fingerprint density at radius 3 is 2.68 bits per heavy atom. The highest BCUT2D eigenvalue weighted by molar-refractivity contribution is 5.81. The van der Waals surface area contributed by atoms with Crippen LogP contribution in [0.5, 0.6) is 0 Å². The molecule has 2 rings (SSSR count). The highest BCUT2D eigenvalue weighted by atomic mass is 19.1. The van der Waals surface area contributed by atoms with Crippen LogP contribution in [0.3, 0.4) is 0 Å². The van der Waals surface area contributed by atoms with Crippen LogP contribution in [-0.2, 0) is 16.0 Å². The van der Waals surface area contributed by atoms with Gasteiger partial charge in [-0.15, -0.1) is 0 Å². The average molecular weight is 265 g/mol. The summed E-state index contributed by atoms with van der Waals surface area (Å²) in [7, 11) is 0. The maximum atomic E-state index is 13.5. The molecule has 1 aliphatic heterocycles. The second kappa shape index (κ2) is 5.38. The molecule has 1 fully saturated rings. The summed E-state index contributed by atoms with van der Waals surface area (Å²) in [5.74, 6) is -2.03. The lowest BCUT2D eigenvalue weighted by Gasteiger charge is -2.23. The highest BCUT2D eigenvalue weighted by Gasteiger charge is 2.37. The second-order valence-electron chi connectivity index (χ2n) is 4.83. The molecular weight excluding hydrogens is 249 g/mol. The lowest BCUT2D eigenvalue weighted by molar-refractivity contribution is -0.143. The first-order valence-corrected chi connectivity index (χ1v) is 6.26. The molecule has 1 N–H and O–H groups in total. The van der Waals surface area contributed by atoms with Crippen molar-refractivity contribution in [3.05, 3.63) is 35.6 Å². The Labute approximate surface area is 110 Å². The zero-order valence-electron chi connectivity index (χ0n) is 10.7. The van der Waals surface area contributed by atoms with E-state index in [1.165, 1.54) is 11.0 Å². The van der Waals surface area contributed by atoms with Crippen molar-refractivity contribution >= 4 is 11.9 Å². The van der Waals surface area contributed by atoms with Crippen LogP contribution in [0.15, 0.2) is 24.3 Å². The Kier molecular flexibility index (Phi) is 3.83. The number of halogens is 1. The average Bonchev–Trinajstić information content (AvgIpc) is 2.74. The summed E-state index contributed by atoms with van der Waals surface area (Å²) in [5, 5.41) is 9.02. The van der Waals surface area contributed by atoms with E-state index in [4.69, 9.17) is 5.11 Å². The van der Waals surface area contributed by atoms with Crippen LogP contribution in [0.25, 0.3) is 0 Å². The molecule has 1 saturated heterocycles. The molecule has 19 heavy (non-hydrogen) atoms. The number of carbonyl (C=O) groups is 2. The summed E-state index contributed by atoms with van der Waals surface area (Å²) in [4.78, 5) is 24.6. The number of nitrogens with zero attached hydrogens (tertiary/aromatic N) is 1. The Balaban J connectivity index is 2.06. The minimum Gasteiger partial charge on any atom is -0.481 e. The monoisotopic (exact) mass is 265 g/mol. The molecule has 4 nitrogen and oxygen atoms in total. The second-order valence-corrected chi connectivity index (χ2v) is 4.83. The fourth-order valence-electron chi connectivity index (χ4n) is 2.53. The van der Waals surface area contributed by atoms with E-state index in [1.807, 2.05) is 0 Å². The molecule has 1 aromatic rings. The van der Waals surface area contributed by atoms with Gasteiger partial charge in [0, 0.05) is 12.6 Å². The first kappa shape index (κ1) is 13.5. The third kappa shape index (κ3) is 2.75. The van der Waals surface area contributed by atoms with E-state index in [9.17, 15) is 14.0 Å². The molecular formula is C14H16FNO3. The number of benzene rings is 1. The fraction of sp³-hybridized carbons (Fsp3) is 0.429. The number of hydrogen-bond donors (Lipinski definition) is 1. The van der Waals surface area contributed by atoms with Crippen LogP contribution in [0.2, 0.25) is 0 Å². The lowest BCUT2D eigenvalue weighted by Crippen LogP contribution is -2.38. The van der Waals surface area contributed by atoms with E-state index in [1.54, 1.807) is 25.1 Å². The molecule has 1 aromatic carbocycles. The zero-order chi connectivity index (χ0) is 14.0. The van der Waals surface area contributed by atoms with Gasteiger partial charge in [0.15, 0.2) is 0 Å². The fourth-order valence-corrected chi connectivity index (χ4v) is 2.53. The number of aliphatic carboxylic acids is 1. The standard InChI is InChI=1S/C14H16FNO3/c1-9-11(14(18)19)6-7-16(9)13(17)8-10-4-2-3-5-12(10)15/h2-5,9,11H,6-8H2,1H3,(H,18,19). The normalized spacial score (nSPS) is 22.5. The Morgan fingerprint density at radius 1 is 1.42 bits per heavy atom. The molecule has 0 bridgehead atoms. The molecule has 0 aromatic heterocycles. The first-order valence-electron chi connectivity index (χ1n) is 6.26. The van der Waals surface area contributed by atoms with Gasteiger partial charge >= 0.3 is 5.97 Å². The SMILES string of the molecule is CC1C(C(=O)O)CCN1C(=O)Cc1ccccc1F. The Morgan fingerprint density at radius 2 is 2.11 bits per heavy atom. The van der Waals surface area contributed by atoms with Crippen LogP contribution >= 0.6 is 0 Å². The number of hydrogen-bond acceptors (Lipinski definition) is 2. The molecule has 0 aliphatic carbocycles. The number of rotatable bonds is 3. The van der Waals surface area contributed by atoms with Gasteiger partial charge < -0.3 is 10.0 Å². The smallest absolute Gasteiger partial charge is 0.308 e. The quantitative estimate of drug-likeness (QED) is 0.904. The summed E-state index contributed by atoms with van der Waals surface area (Å²) in [6.07, 6.45) is 0.433. The molecule has 0 radical (unpaired) electrons. The predicted octanol–water partition coefficient (Wildman–Crippen LogP) is 1.69.